The summed E-state index contributed by atoms with van der Waals surface area (Å²) in [5, 5.41) is 7.40. The number of rotatable bonds is 6. The topological polar surface area (TPSA) is 93.9 Å². The number of nitrogens with zero attached hydrogens (tertiary/aromatic N) is 4. The molecule has 0 aliphatic heterocycles. The maximum Gasteiger partial charge on any atom is 0.326 e. The minimum atomic E-state index is -4.42. The van der Waals surface area contributed by atoms with E-state index in [1.807, 2.05) is 0 Å². The number of pyridine rings is 1. The highest BCUT2D eigenvalue weighted by atomic mass is 32.2. The zero-order valence-electron chi connectivity index (χ0n) is 14.0. The Bertz CT molecular complexity index is 1080. The van der Waals surface area contributed by atoms with Gasteiger partial charge in [-0.3, -0.25) is 13.5 Å². The molecule has 8 nitrogen and oxygen atoms in total. The zero-order chi connectivity index (χ0) is 19.6. The average Bonchev–Trinajstić information content (AvgIpc) is 3.07. The minimum Gasteiger partial charge on any atom is -0.465 e. The summed E-state index contributed by atoms with van der Waals surface area (Å²) in [4.78, 5) is 11.7. The zero-order valence-corrected chi connectivity index (χ0v) is 14.9. The molecule has 3 rings (SSSR count). The van der Waals surface area contributed by atoms with Gasteiger partial charge in [-0.05, 0) is 31.2 Å². The predicted octanol–water partition coefficient (Wildman–Crippen LogP) is 1.77. The van der Waals surface area contributed by atoms with E-state index >= 15 is 0 Å². The van der Waals surface area contributed by atoms with E-state index in [1.54, 1.807) is 6.92 Å². The van der Waals surface area contributed by atoms with Crippen LogP contribution in [0, 0.1) is 11.6 Å². The van der Waals surface area contributed by atoms with E-state index in [4.69, 9.17) is 4.74 Å². The Morgan fingerprint density at radius 1 is 1.26 bits per heavy atom. The van der Waals surface area contributed by atoms with Gasteiger partial charge in [0.25, 0.3) is 10.0 Å². The molecule has 0 aliphatic rings. The van der Waals surface area contributed by atoms with Crippen LogP contribution in [0.3, 0.4) is 0 Å². The molecule has 0 atom stereocenters. The summed E-state index contributed by atoms with van der Waals surface area (Å²) in [5.41, 5.74) is -0.356. The van der Waals surface area contributed by atoms with Crippen molar-refractivity contribution in [3.05, 3.63) is 54.5 Å². The van der Waals surface area contributed by atoms with Crippen molar-refractivity contribution in [2.75, 3.05) is 17.5 Å². The van der Waals surface area contributed by atoms with Crippen molar-refractivity contribution in [1.29, 1.82) is 0 Å². The number of benzene rings is 1. The summed E-state index contributed by atoms with van der Waals surface area (Å²) in [7, 11) is -4.42. The van der Waals surface area contributed by atoms with Gasteiger partial charge >= 0.3 is 5.97 Å². The second-order valence-electron chi connectivity index (χ2n) is 5.38. The molecule has 11 heteroatoms. The highest BCUT2D eigenvalue weighted by Gasteiger charge is 2.31. The van der Waals surface area contributed by atoms with Crippen LogP contribution in [0.1, 0.15) is 6.92 Å². The van der Waals surface area contributed by atoms with Gasteiger partial charge in [0.2, 0.25) is 0 Å². The molecule has 27 heavy (non-hydrogen) atoms. The fourth-order valence-electron chi connectivity index (χ4n) is 2.47. The molecule has 0 bridgehead atoms. The Balaban J connectivity index is 2.16. The molecule has 0 saturated carbocycles. The molecule has 0 unspecified atom stereocenters. The first-order valence-electron chi connectivity index (χ1n) is 7.75. The highest BCUT2D eigenvalue weighted by Crippen LogP contribution is 2.27. The van der Waals surface area contributed by atoms with Crippen molar-refractivity contribution < 1.29 is 26.7 Å². The van der Waals surface area contributed by atoms with E-state index in [0.717, 1.165) is 12.1 Å². The second-order valence-corrected chi connectivity index (χ2v) is 7.21. The van der Waals surface area contributed by atoms with Crippen LogP contribution in [-0.2, 0) is 19.6 Å². The first kappa shape index (κ1) is 18.7. The standard InChI is InChI=1S/C16H14F2N4O4S/c1-2-26-15(23)9-22(13-7-11(17)6-12(18)8-13)27(24,25)14-4-3-5-21-10-19-20-16(14)21/h3-8,10H,2,9H2,1H3. The van der Waals surface area contributed by atoms with Crippen molar-refractivity contribution in [1.82, 2.24) is 14.6 Å². The fraction of sp³-hybridized carbons (Fsp3) is 0.188. The molecule has 2 aromatic heterocycles. The number of fused-ring (bicyclic) bond motifs is 1. The molecule has 0 amide bonds. The lowest BCUT2D eigenvalue weighted by Crippen LogP contribution is -2.37. The van der Waals surface area contributed by atoms with E-state index in [2.05, 4.69) is 10.2 Å². The summed E-state index contributed by atoms with van der Waals surface area (Å²) in [5.74, 6) is -2.86. The summed E-state index contributed by atoms with van der Waals surface area (Å²) < 4.78 is 60.5. The quantitative estimate of drug-likeness (QED) is 0.590. The van der Waals surface area contributed by atoms with Crippen LogP contribution in [0.25, 0.3) is 5.65 Å². The highest BCUT2D eigenvalue weighted by molar-refractivity contribution is 7.93. The second kappa shape index (κ2) is 7.27. The van der Waals surface area contributed by atoms with E-state index in [1.165, 1.54) is 29.1 Å². The lowest BCUT2D eigenvalue weighted by atomic mass is 10.3. The molecule has 0 radical (unpaired) electrons. The maximum atomic E-state index is 13.7. The molecule has 142 valence electrons. The van der Waals surface area contributed by atoms with Gasteiger partial charge < -0.3 is 4.74 Å². The number of carbonyl (C=O) groups is 1. The molecular formula is C16H14F2N4O4S. The molecule has 2 heterocycles. The number of hydrogen-bond acceptors (Lipinski definition) is 6. The first-order valence-corrected chi connectivity index (χ1v) is 9.19. The molecule has 3 aromatic rings. The summed E-state index contributed by atoms with van der Waals surface area (Å²) in [6, 6.07) is 4.91. The number of anilines is 1. The Kier molecular flexibility index (Phi) is 5.04. The van der Waals surface area contributed by atoms with Crippen LogP contribution in [-0.4, -0.2) is 42.1 Å². The average molecular weight is 396 g/mol. The fourth-order valence-corrected chi connectivity index (χ4v) is 3.99. The first-order chi connectivity index (χ1) is 12.8. The van der Waals surface area contributed by atoms with Gasteiger partial charge in [0.15, 0.2) is 5.65 Å². The molecule has 0 N–H and O–H groups in total. The predicted molar refractivity (Wildman–Crippen MR) is 90.5 cm³/mol. The van der Waals surface area contributed by atoms with Crippen molar-refractivity contribution in [2.24, 2.45) is 0 Å². The van der Waals surface area contributed by atoms with Gasteiger partial charge in [-0.15, -0.1) is 10.2 Å². The van der Waals surface area contributed by atoms with Crippen LogP contribution in [0.15, 0.2) is 47.8 Å². The monoisotopic (exact) mass is 396 g/mol. The van der Waals surface area contributed by atoms with E-state index < -0.39 is 34.2 Å². The molecule has 0 spiro atoms. The third kappa shape index (κ3) is 3.72. The number of carbonyl (C=O) groups excluding carboxylic acids is 1. The normalized spacial score (nSPS) is 11.5. The molecule has 0 fully saturated rings. The Morgan fingerprint density at radius 3 is 2.63 bits per heavy atom. The molecule has 1 aromatic carbocycles. The lowest BCUT2D eigenvalue weighted by Gasteiger charge is -2.23. The van der Waals surface area contributed by atoms with Crippen LogP contribution in [0.5, 0.6) is 0 Å². The van der Waals surface area contributed by atoms with Gasteiger partial charge in [-0.2, -0.15) is 0 Å². The molecular weight excluding hydrogens is 382 g/mol. The SMILES string of the molecule is CCOC(=O)CN(c1cc(F)cc(F)c1)S(=O)(=O)c1cccn2cnnc12. The number of halogens is 2. The summed E-state index contributed by atoms with van der Waals surface area (Å²) in [6.45, 7) is 0.799. The Morgan fingerprint density at radius 2 is 1.96 bits per heavy atom. The summed E-state index contributed by atoms with van der Waals surface area (Å²) >= 11 is 0. The smallest absolute Gasteiger partial charge is 0.326 e. The number of sulfonamides is 1. The van der Waals surface area contributed by atoms with E-state index in [-0.39, 0.29) is 22.8 Å². The number of aromatic nitrogens is 3. The van der Waals surface area contributed by atoms with Crippen molar-refractivity contribution in [2.45, 2.75) is 11.8 Å². The molecule has 0 saturated heterocycles. The van der Waals surface area contributed by atoms with Crippen molar-refractivity contribution in [3.8, 4) is 0 Å². The summed E-state index contributed by atoms with van der Waals surface area (Å²) in [6.07, 6.45) is 2.83. The van der Waals surface area contributed by atoms with Crippen LogP contribution in [0.2, 0.25) is 0 Å². The number of esters is 1. The number of ether oxygens (including phenoxy) is 1. The van der Waals surface area contributed by atoms with Gasteiger partial charge in [-0.1, -0.05) is 0 Å². The number of hydrogen-bond donors (Lipinski definition) is 0. The Hall–Kier alpha value is -3.08. The van der Waals surface area contributed by atoms with Gasteiger partial charge in [0, 0.05) is 12.3 Å². The van der Waals surface area contributed by atoms with Gasteiger partial charge in [0.05, 0.1) is 12.3 Å². The van der Waals surface area contributed by atoms with Crippen molar-refractivity contribution >= 4 is 27.3 Å². The minimum absolute atomic E-state index is 0.00299. The lowest BCUT2D eigenvalue weighted by molar-refractivity contribution is -0.141. The van der Waals surface area contributed by atoms with Crippen molar-refractivity contribution in [3.63, 3.8) is 0 Å². The largest absolute Gasteiger partial charge is 0.465 e. The maximum absolute atomic E-state index is 13.7. The van der Waals surface area contributed by atoms with Crippen LogP contribution < -0.4 is 4.31 Å². The Labute approximate surface area is 153 Å². The van der Waals surface area contributed by atoms with E-state index in [9.17, 15) is 22.0 Å². The third-order valence-electron chi connectivity index (χ3n) is 3.57. The van der Waals surface area contributed by atoms with Gasteiger partial charge in [-0.25, -0.2) is 17.2 Å². The van der Waals surface area contributed by atoms with Crippen LogP contribution >= 0.6 is 0 Å². The van der Waals surface area contributed by atoms with E-state index in [0.29, 0.717) is 10.4 Å². The van der Waals surface area contributed by atoms with Gasteiger partial charge in [0.1, 0.15) is 29.4 Å². The molecule has 0 aliphatic carbocycles. The van der Waals surface area contributed by atoms with Crippen LogP contribution in [0.4, 0.5) is 14.5 Å². The third-order valence-corrected chi connectivity index (χ3v) is 5.36.